The third kappa shape index (κ3) is 1.48. The summed E-state index contributed by atoms with van der Waals surface area (Å²) in [5.74, 6) is -0.875. The highest BCUT2D eigenvalue weighted by molar-refractivity contribution is 14.1. The minimum Gasteiger partial charge on any atom is -0.478 e. The summed E-state index contributed by atoms with van der Waals surface area (Å²) in [6.07, 6.45) is 0. The molecule has 2 rings (SSSR count). The Kier molecular flexibility index (Phi) is 2.41. The Morgan fingerprint density at radius 2 is 1.79 bits per heavy atom. The lowest BCUT2D eigenvalue weighted by Crippen LogP contribution is -1.98. The summed E-state index contributed by atoms with van der Waals surface area (Å²) in [6.45, 7) is 0. The molecule has 0 aromatic heterocycles. The number of aromatic carboxylic acids is 1. The van der Waals surface area contributed by atoms with Gasteiger partial charge in [-0.05, 0) is 40.1 Å². The van der Waals surface area contributed by atoms with Gasteiger partial charge in [-0.1, -0.05) is 24.3 Å². The molecule has 0 unspecified atom stereocenters. The maximum atomic E-state index is 11.0. The van der Waals surface area contributed by atoms with Gasteiger partial charge in [-0.15, -0.1) is 0 Å². The largest absolute Gasteiger partial charge is 0.478 e. The number of carbonyl (C=O) groups is 1. The van der Waals surface area contributed by atoms with Crippen molar-refractivity contribution >= 4 is 39.3 Å². The summed E-state index contributed by atoms with van der Waals surface area (Å²) in [5.41, 5.74) is 0.368. The van der Waals surface area contributed by atoms with E-state index in [9.17, 15) is 4.79 Å². The van der Waals surface area contributed by atoms with Gasteiger partial charge in [0.2, 0.25) is 0 Å². The van der Waals surface area contributed by atoms with Gasteiger partial charge in [0.05, 0.1) is 5.56 Å². The molecule has 0 aliphatic heterocycles. The van der Waals surface area contributed by atoms with Crippen LogP contribution in [0.3, 0.4) is 0 Å². The molecule has 1 N–H and O–H groups in total. The van der Waals surface area contributed by atoms with E-state index in [2.05, 4.69) is 22.6 Å². The molecule has 2 aromatic rings. The monoisotopic (exact) mass is 298 g/mol. The number of halogens is 1. The van der Waals surface area contributed by atoms with Crippen LogP contribution in [0.15, 0.2) is 36.4 Å². The minimum absolute atomic E-state index is 0.368. The van der Waals surface area contributed by atoms with E-state index in [-0.39, 0.29) is 0 Å². The van der Waals surface area contributed by atoms with Gasteiger partial charge in [0.15, 0.2) is 0 Å². The molecule has 2 aromatic carbocycles. The van der Waals surface area contributed by atoms with Crippen molar-refractivity contribution in [1.29, 1.82) is 0 Å². The second kappa shape index (κ2) is 3.57. The highest BCUT2D eigenvalue weighted by Gasteiger charge is 2.09. The van der Waals surface area contributed by atoms with Gasteiger partial charge in [-0.3, -0.25) is 0 Å². The highest BCUT2D eigenvalue weighted by atomic mass is 127. The standard InChI is InChI=1S/C11H7IO2/c12-9-6-2-4-7-3-1-5-8(10(7)9)11(13)14/h1-6H,(H,13,14). The Morgan fingerprint density at radius 1 is 1.14 bits per heavy atom. The van der Waals surface area contributed by atoms with Crippen LogP contribution in [0.4, 0.5) is 0 Å². The Labute approximate surface area is 94.7 Å². The lowest BCUT2D eigenvalue weighted by molar-refractivity contribution is 0.0699. The number of carboxylic acids is 1. The zero-order valence-corrected chi connectivity index (χ0v) is 9.36. The van der Waals surface area contributed by atoms with Crippen LogP contribution in [0.5, 0.6) is 0 Å². The first-order chi connectivity index (χ1) is 6.70. The Morgan fingerprint density at radius 3 is 2.43 bits per heavy atom. The van der Waals surface area contributed by atoms with Gasteiger partial charge < -0.3 is 5.11 Å². The quantitative estimate of drug-likeness (QED) is 0.821. The first-order valence-corrected chi connectivity index (χ1v) is 5.18. The van der Waals surface area contributed by atoms with Crippen molar-refractivity contribution in [1.82, 2.24) is 0 Å². The Balaban J connectivity index is 2.91. The first kappa shape index (κ1) is 9.45. The molecular weight excluding hydrogens is 291 g/mol. The average molecular weight is 298 g/mol. The average Bonchev–Trinajstić information content (AvgIpc) is 2.17. The van der Waals surface area contributed by atoms with Crippen molar-refractivity contribution in [2.75, 3.05) is 0 Å². The molecule has 70 valence electrons. The normalized spacial score (nSPS) is 10.4. The van der Waals surface area contributed by atoms with E-state index < -0.39 is 5.97 Å². The highest BCUT2D eigenvalue weighted by Crippen LogP contribution is 2.24. The van der Waals surface area contributed by atoms with E-state index in [0.717, 1.165) is 14.3 Å². The zero-order valence-electron chi connectivity index (χ0n) is 7.20. The molecule has 0 aliphatic rings. The van der Waals surface area contributed by atoms with E-state index >= 15 is 0 Å². The van der Waals surface area contributed by atoms with Gasteiger partial charge in [-0.2, -0.15) is 0 Å². The third-order valence-corrected chi connectivity index (χ3v) is 2.98. The number of fused-ring (bicyclic) bond motifs is 1. The van der Waals surface area contributed by atoms with Crippen molar-refractivity contribution in [2.24, 2.45) is 0 Å². The molecular formula is C11H7IO2. The Hall–Kier alpha value is -1.10. The fraction of sp³-hybridized carbons (Fsp3) is 0. The van der Waals surface area contributed by atoms with Crippen LogP contribution >= 0.6 is 22.6 Å². The molecule has 0 fully saturated rings. The smallest absolute Gasteiger partial charge is 0.336 e. The maximum absolute atomic E-state index is 11.0. The van der Waals surface area contributed by atoms with Gasteiger partial charge in [-0.25, -0.2) is 4.79 Å². The van der Waals surface area contributed by atoms with Crippen molar-refractivity contribution in [3.63, 3.8) is 0 Å². The van der Waals surface area contributed by atoms with Crippen LogP contribution in [0.25, 0.3) is 10.8 Å². The van der Waals surface area contributed by atoms with E-state index in [4.69, 9.17) is 5.11 Å². The van der Waals surface area contributed by atoms with E-state index in [1.807, 2.05) is 24.3 Å². The van der Waals surface area contributed by atoms with Crippen LogP contribution in [-0.2, 0) is 0 Å². The molecule has 0 atom stereocenters. The van der Waals surface area contributed by atoms with E-state index in [1.54, 1.807) is 12.1 Å². The van der Waals surface area contributed by atoms with Crippen molar-refractivity contribution in [3.8, 4) is 0 Å². The molecule has 0 bridgehead atoms. The zero-order chi connectivity index (χ0) is 10.1. The van der Waals surface area contributed by atoms with Crippen LogP contribution in [0, 0.1) is 3.57 Å². The topological polar surface area (TPSA) is 37.3 Å². The molecule has 3 heteroatoms. The van der Waals surface area contributed by atoms with Crippen molar-refractivity contribution in [3.05, 3.63) is 45.5 Å². The number of hydrogen-bond acceptors (Lipinski definition) is 1. The molecule has 0 aliphatic carbocycles. The number of hydrogen-bond donors (Lipinski definition) is 1. The van der Waals surface area contributed by atoms with Crippen LogP contribution in [-0.4, -0.2) is 11.1 Å². The van der Waals surface area contributed by atoms with Crippen LogP contribution < -0.4 is 0 Å². The molecule has 2 nitrogen and oxygen atoms in total. The first-order valence-electron chi connectivity index (χ1n) is 4.10. The number of carboxylic acid groups (broad SMARTS) is 1. The van der Waals surface area contributed by atoms with Crippen LogP contribution in [0.1, 0.15) is 10.4 Å². The molecule has 0 amide bonds. The van der Waals surface area contributed by atoms with Gasteiger partial charge in [0.25, 0.3) is 0 Å². The van der Waals surface area contributed by atoms with Gasteiger partial charge in [0, 0.05) is 8.96 Å². The summed E-state index contributed by atoms with van der Waals surface area (Å²) in [5, 5.41) is 10.8. The maximum Gasteiger partial charge on any atom is 0.336 e. The van der Waals surface area contributed by atoms with Crippen molar-refractivity contribution < 1.29 is 9.90 Å². The molecule has 0 saturated heterocycles. The lowest BCUT2D eigenvalue weighted by Gasteiger charge is -2.03. The number of benzene rings is 2. The predicted octanol–water partition coefficient (Wildman–Crippen LogP) is 3.14. The van der Waals surface area contributed by atoms with E-state index in [0.29, 0.717) is 5.56 Å². The summed E-state index contributed by atoms with van der Waals surface area (Å²) in [4.78, 5) is 11.0. The fourth-order valence-electron chi connectivity index (χ4n) is 1.47. The summed E-state index contributed by atoms with van der Waals surface area (Å²) >= 11 is 2.15. The fourth-order valence-corrected chi connectivity index (χ4v) is 2.28. The molecule has 14 heavy (non-hydrogen) atoms. The minimum atomic E-state index is -0.875. The van der Waals surface area contributed by atoms with Gasteiger partial charge >= 0.3 is 5.97 Å². The molecule has 0 spiro atoms. The van der Waals surface area contributed by atoms with Gasteiger partial charge in [0.1, 0.15) is 0 Å². The predicted molar refractivity (Wildman–Crippen MR) is 63.6 cm³/mol. The second-order valence-electron chi connectivity index (χ2n) is 2.95. The SMILES string of the molecule is O=C(O)c1cccc2cccc(I)c12. The Bertz CT molecular complexity index is 500. The summed E-state index contributed by atoms with van der Waals surface area (Å²) in [6, 6.07) is 11.1. The molecule has 0 heterocycles. The lowest BCUT2D eigenvalue weighted by atomic mass is 10.1. The van der Waals surface area contributed by atoms with Crippen molar-refractivity contribution in [2.45, 2.75) is 0 Å². The van der Waals surface area contributed by atoms with E-state index in [1.165, 1.54) is 0 Å². The summed E-state index contributed by atoms with van der Waals surface area (Å²) in [7, 11) is 0. The third-order valence-electron chi connectivity index (χ3n) is 2.08. The summed E-state index contributed by atoms with van der Waals surface area (Å²) < 4.78 is 0.970. The van der Waals surface area contributed by atoms with Crippen LogP contribution in [0.2, 0.25) is 0 Å². The molecule has 0 saturated carbocycles. The molecule has 0 radical (unpaired) electrons. The number of rotatable bonds is 1. The second-order valence-corrected chi connectivity index (χ2v) is 4.11.